The third-order valence-corrected chi connectivity index (χ3v) is 2.37. The molecule has 0 saturated carbocycles. The SMILES string of the molecule is CC1(C)CC(CCN)CCO1.Cl. The van der Waals surface area contributed by atoms with Gasteiger partial charge in [0.1, 0.15) is 0 Å². The molecular weight excluding hydrogens is 174 g/mol. The highest BCUT2D eigenvalue weighted by Gasteiger charge is 2.27. The van der Waals surface area contributed by atoms with E-state index < -0.39 is 0 Å². The average molecular weight is 194 g/mol. The van der Waals surface area contributed by atoms with Crippen molar-refractivity contribution in [2.45, 2.75) is 38.7 Å². The summed E-state index contributed by atoms with van der Waals surface area (Å²) in [5, 5.41) is 0. The summed E-state index contributed by atoms with van der Waals surface area (Å²) in [6, 6.07) is 0. The first-order valence-corrected chi connectivity index (χ1v) is 4.48. The lowest BCUT2D eigenvalue weighted by atomic mass is 9.86. The molecule has 0 aromatic heterocycles. The zero-order valence-corrected chi connectivity index (χ0v) is 8.82. The second kappa shape index (κ2) is 5.05. The second-order valence-electron chi connectivity index (χ2n) is 4.04. The molecular formula is C9H20ClNO. The van der Waals surface area contributed by atoms with Gasteiger partial charge >= 0.3 is 0 Å². The molecule has 1 heterocycles. The molecule has 0 aromatic carbocycles. The van der Waals surface area contributed by atoms with Gasteiger partial charge in [0.15, 0.2) is 0 Å². The highest BCUT2D eigenvalue weighted by atomic mass is 35.5. The van der Waals surface area contributed by atoms with Gasteiger partial charge in [0.25, 0.3) is 0 Å². The van der Waals surface area contributed by atoms with Crippen LogP contribution in [0.15, 0.2) is 0 Å². The quantitative estimate of drug-likeness (QED) is 0.728. The summed E-state index contributed by atoms with van der Waals surface area (Å²) in [5.41, 5.74) is 5.60. The van der Waals surface area contributed by atoms with Crippen molar-refractivity contribution in [2.24, 2.45) is 11.7 Å². The molecule has 3 heteroatoms. The Morgan fingerprint density at radius 2 is 2.17 bits per heavy atom. The summed E-state index contributed by atoms with van der Waals surface area (Å²) in [7, 11) is 0. The largest absolute Gasteiger partial charge is 0.376 e. The fraction of sp³-hybridized carbons (Fsp3) is 1.00. The maximum atomic E-state index is 5.60. The predicted octanol–water partition coefficient (Wildman–Crippen LogP) is 1.96. The van der Waals surface area contributed by atoms with Gasteiger partial charge in [-0.15, -0.1) is 12.4 Å². The van der Waals surface area contributed by atoms with Gasteiger partial charge in [-0.1, -0.05) is 0 Å². The maximum Gasteiger partial charge on any atom is 0.0629 e. The molecule has 1 rings (SSSR count). The molecule has 0 bridgehead atoms. The average Bonchev–Trinajstić information content (AvgIpc) is 1.85. The normalized spacial score (nSPS) is 27.8. The van der Waals surface area contributed by atoms with E-state index in [9.17, 15) is 0 Å². The molecule has 12 heavy (non-hydrogen) atoms. The topological polar surface area (TPSA) is 35.2 Å². The van der Waals surface area contributed by atoms with Crippen molar-refractivity contribution in [3.63, 3.8) is 0 Å². The van der Waals surface area contributed by atoms with Crippen LogP contribution < -0.4 is 5.73 Å². The van der Waals surface area contributed by atoms with Gasteiger partial charge < -0.3 is 10.5 Å². The minimum atomic E-state index is 0. The van der Waals surface area contributed by atoms with Crippen molar-refractivity contribution in [3.05, 3.63) is 0 Å². The minimum absolute atomic E-state index is 0. The van der Waals surface area contributed by atoms with Gasteiger partial charge in [-0.2, -0.15) is 0 Å². The Kier molecular flexibility index (Phi) is 5.14. The molecule has 1 saturated heterocycles. The van der Waals surface area contributed by atoms with Gasteiger partial charge in [-0.25, -0.2) is 0 Å². The van der Waals surface area contributed by atoms with Crippen LogP contribution in [0, 0.1) is 5.92 Å². The number of hydrogen-bond donors (Lipinski definition) is 1. The zero-order valence-electron chi connectivity index (χ0n) is 8.01. The van der Waals surface area contributed by atoms with Crippen LogP contribution in [0.3, 0.4) is 0 Å². The van der Waals surface area contributed by atoms with Gasteiger partial charge in [-0.3, -0.25) is 0 Å². The monoisotopic (exact) mass is 193 g/mol. The molecule has 0 aliphatic carbocycles. The Bertz CT molecular complexity index is 126. The molecule has 1 unspecified atom stereocenters. The Labute approximate surface area is 81.3 Å². The first-order valence-electron chi connectivity index (χ1n) is 4.48. The van der Waals surface area contributed by atoms with Crippen molar-refractivity contribution in [1.29, 1.82) is 0 Å². The molecule has 0 amide bonds. The van der Waals surface area contributed by atoms with Crippen molar-refractivity contribution < 1.29 is 4.74 Å². The third kappa shape index (κ3) is 3.74. The minimum Gasteiger partial charge on any atom is -0.376 e. The Balaban J connectivity index is 0.00000121. The number of rotatable bonds is 2. The highest BCUT2D eigenvalue weighted by Crippen LogP contribution is 2.29. The van der Waals surface area contributed by atoms with E-state index in [0.717, 1.165) is 25.5 Å². The fourth-order valence-corrected chi connectivity index (χ4v) is 1.84. The fourth-order valence-electron chi connectivity index (χ4n) is 1.84. The van der Waals surface area contributed by atoms with Crippen LogP contribution >= 0.6 is 12.4 Å². The summed E-state index contributed by atoms with van der Waals surface area (Å²) in [6.45, 7) is 6.06. The highest BCUT2D eigenvalue weighted by molar-refractivity contribution is 5.85. The van der Waals surface area contributed by atoms with E-state index >= 15 is 0 Å². The number of halogens is 1. The lowest BCUT2D eigenvalue weighted by molar-refractivity contribution is -0.0730. The standard InChI is InChI=1S/C9H19NO.ClH/c1-9(2)7-8(3-5-10)4-6-11-9;/h8H,3-7,10H2,1-2H3;1H. The van der Waals surface area contributed by atoms with Gasteiger partial charge in [0, 0.05) is 6.61 Å². The molecule has 0 spiro atoms. The van der Waals surface area contributed by atoms with Gasteiger partial charge in [0.2, 0.25) is 0 Å². The molecule has 0 radical (unpaired) electrons. The predicted molar refractivity (Wildman–Crippen MR) is 53.7 cm³/mol. The summed E-state index contributed by atoms with van der Waals surface area (Å²) in [5.74, 6) is 0.795. The van der Waals surface area contributed by atoms with Crippen LogP contribution in [0.2, 0.25) is 0 Å². The summed E-state index contributed by atoms with van der Waals surface area (Å²) in [6.07, 6.45) is 3.53. The Morgan fingerprint density at radius 3 is 2.67 bits per heavy atom. The molecule has 74 valence electrons. The summed E-state index contributed by atoms with van der Waals surface area (Å²) >= 11 is 0. The molecule has 1 fully saturated rings. The van der Waals surface area contributed by atoms with Crippen molar-refractivity contribution in [1.82, 2.24) is 0 Å². The van der Waals surface area contributed by atoms with Crippen LogP contribution in [0.25, 0.3) is 0 Å². The van der Waals surface area contributed by atoms with E-state index in [2.05, 4.69) is 13.8 Å². The van der Waals surface area contributed by atoms with E-state index in [4.69, 9.17) is 10.5 Å². The zero-order chi connectivity index (χ0) is 8.32. The molecule has 2 nitrogen and oxygen atoms in total. The molecule has 0 aromatic rings. The Hall–Kier alpha value is 0.210. The lowest BCUT2D eigenvalue weighted by Crippen LogP contribution is -2.34. The van der Waals surface area contributed by atoms with E-state index in [1.165, 1.54) is 12.8 Å². The molecule has 1 aliphatic rings. The van der Waals surface area contributed by atoms with Crippen LogP contribution in [-0.2, 0) is 4.74 Å². The summed E-state index contributed by atoms with van der Waals surface area (Å²) < 4.78 is 5.60. The van der Waals surface area contributed by atoms with Crippen LogP contribution in [0.5, 0.6) is 0 Å². The molecule has 1 aliphatic heterocycles. The molecule has 2 N–H and O–H groups in total. The maximum absolute atomic E-state index is 5.60. The van der Waals surface area contributed by atoms with Gasteiger partial charge in [0.05, 0.1) is 5.60 Å². The smallest absolute Gasteiger partial charge is 0.0629 e. The van der Waals surface area contributed by atoms with Crippen LogP contribution in [0.1, 0.15) is 33.1 Å². The van der Waals surface area contributed by atoms with Crippen LogP contribution in [0.4, 0.5) is 0 Å². The molecule has 1 atom stereocenters. The van der Waals surface area contributed by atoms with E-state index in [1.54, 1.807) is 0 Å². The van der Waals surface area contributed by atoms with Gasteiger partial charge in [-0.05, 0) is 45.6 Å². The number of ether oxygens (including phenoxy) is 1. The summed E-state index contributed by atoms with van der Waals surface area (Å²) in [4.78, 5) is 0. The van der Waals surface area contributed by atoms with Crippen molar-refractivity contribution in [2.75, 3.05) is 13.2 Å². The van der Waals surface area contributed by atoms with E-state index in [-0.39, 0.29) is 18.0 Å². The third-order valence-electron chi connectivity index (χ3n) is 2.37. The number of nitrogens with two attached hydrogens (primary N) is 1. The number of hydrogen-bond acceptors (Lipinski definition) is 2. The first-order chi connectivity index (χ1) is 5.14. The first kappa shape index (κ1) is 12.2. The van der Waals surface area contributed by atoms with E-state index in [1.807, 2.05) is 0 Å². The van der Waals surface area contributed by atoms with E-state index in [0.29, 0.717) is 0 Å². The Morgan fingerprint density at radius 1 is 1.50 bits per heavy atom. The second-order valence-corrected chi connectivity index (χ2v) is 4.04. The van der Waals surface area contributed by atoms with Crippen LogP contribution in [-0.4, -0.2) is 18.8 Å². The van der Waals surface area contributed by atoms with Crippen molar-refractivity contribution in [3.8, 4) is 0 Å². The van der Waals surface area contributed by atoms with Crippen molar-refractivity contribution >= 4 is 12.4 Å². The lowest BCUT2D eigenvalue weighted by Gasteiger charge is -2.35.